The molecule has 0 bridgehead atoms. The van der Waals surface area contributed by atoms with E-state index in [4.69, 9.17) is 0 Å². The maximum Gasteiger partial charge on any atom is 0.200 e. The van der Waals surface area contributed by atoms with Crippen molar-refractivity contribution in [2.75, 3.05) is 23.8 Å². The maximum atomic E-state index is 13.8. The molecule has 38 heavy (non-hydrogen) atoms. The zero-order valence-corrected chi connectivity index (χ0v) is 20.4. The van der Waals surface area contributed by atoms with Crippen LogP contribution in [0.15, 0.2) is 72.8 Å². The van der Waals surface area contributed by atoms with Crippen molar-refractivity contribution in [3.63, 3.8) is 0 Å². The monoisotopic (exact) mass is 510 g/mol. The molecule has 4 aromatic carbocycles. The fourth-order valence-corrected chi connectivity index (χ4v) is 4.63. The van der Waals surface area contributed by atoms with E-state index < -0.39 is 11.6 Å². The van der Waals surface area contributed by atoms with Gasteiger partial charge in [0.1, 0.15) is 11.5 Å². The first-order valence-electron chi connectivity index (χ1n) is 12.2. The summed E-state index contributed by atoms with van der Waals surface area (Å²) < 4.78 is 0. The third-order valence-corrected chi connectivity index (χ3v) is 6.55. The summed E-state index contributed by atoms with van der Waals surface area (Å²) in [4.78, 5) is 27.2. The highest BCUT2D eigenvalue weighted by molar-refractivity contribution is 6.32. The summed E-state index contributed by atoms with van der Waals surface area (Å²) >= 11 is 0. The summed E-state index contributed by atoms with van der Waals surface area (Å²) in [7, 11) is 0. The van der Waals surface area contributed by atoms with Gasteiger partial charge in [-0.15, -0.1) is 0 Å². The lowest BCUT2D eigenvalue weighted by Gasteiger charge is -2.24. The zero-order valence-electron chi connectivity index (χ0n) is 20.4. The summed E-state index contributed by atoms with van der Waals surface area (Å²) in [6, 6.07) is 20.4. The highest BCUT2D eigenvalue weighted by atomic mass is 16.3. The van der Waals surface area contributed by atoms with Gasteiger partial charge < -0.3 is 31.1 Å². The number of hydrogen-bond donors (Lipinski definition) is 6. The van der Waals surface area contributed by atoms with E-state index >= 15 is 0 Å². The van der Waals surface area contributed by atoms with E-state index in [1.807, 2.05) is 48.5 Å². The van der Waals surface area contributed by atoms with Crippen molar-refractivity contribution in [1.82, 2.24) is 0 Å². The topological polar surface area (TPSA) is 139 Å². The number of benzene rings is 4. The molecule has 8 heteroatoms. The summed E-state index contributed by atoms with van der Waals surface area (Å²) in [6.07, 6.45) is 1.04. The number of anilines is 4. The molecule has 0 saturated carbocycles. The molecule has 1 aliphatic carbocycles. The predicted molar refractivity (Wildman–Crippen MR) is 144 cm³/mol. The maximum absolute atomic E-state index is 13.8. The first-order valence-corrected chi connectivity index (χ1v) is 12.2. The van der Waals surface area contributed by atoms with Gasteiger partial charge in [-0.3, -0.25) is 9.59 Å². The SMILES string of the molecule is O=C1c2ccc(Nc3ccc(CCO)cc3)c(Nc3ccc(CCO)cc3)c2C(=O)c2c(O)ccc(O)c21. The molecule has 0 saturated heterocycles. The fraction of sp³-hybridized carbons (Fsp3) is 0.133. The fourth-order valence-electron chi connectivity index (χ4n) is 4.63. The second kappa shape index (κ2) is 10.4. The molecule has 0 unspecified atom stereocenters. The zero-order chi connectivity index (χ0) is 26.8. The number of phenols is 2. The van der Waals surface area contributed by atoms with Gasteiger partial charge in [-0.25, -0.2) is 0 Å². The molecule has 0 radical (unpaired) electrons. The van der Waals surface area contributed by atoms with E-state index in [2.05, 4.69) is 10.6 Å². The number of fused-ring (bicyclic) bond motifs is 2. The van der Waals surface area contributed by atoms with Gasteiger partial charge in [0.2, 0.25) is 5.78 Å². The van der Waals surface area contributed by atoms with E-state index in [0.717, 1.165) is 16.8 Å². The van der Waals surface area contributed by atoms with Crippen LogP contribution in [-0.4, -0.2) is 45.2 Å². The van der Waals surface area contributed by atoms with Crippen molar-refractivity contribution in [1.29, 1.82) is 0 Å². The highest BCUT2D eigenvalue weighted by Crippen LogP contribution is 2.43. The number of rotatable bonds is 8. The lowest BCUT2D eigenvalue weighted by atomic mass is 9.81. The smallest absolute Gasteiger partial charge is 0.200 e. The first kappa shape index (κ1) is 25.0. The molecule has 192 valence electrons. The number of nitrogens with one attached hydrogen (secondary N) is 2. The Bertz CT molecular complexity index is 1530. The minimum atomic E-state index is -0.593. The second-order valence-corrected chi connectivity index (χ2v) is 9.01. The summed E-state index contributed by atoms with van der Waals surface area (Å²) in [5.41, 5.74) is 3.85. The molecule has 0 aromatic heterocycles. The molecule has 5 rings (SSSR count). The van der Waals surface area contributed by atoms with Crippen LogP contribution >= 0.6 is 0 Å². The van der Waals surface area contributed by atoms with Gasteiger partial charge >= 0.3 is 0 Å². The van der Waals surface area contributed by atoms with Crippen molar-refractivity contribution in [3.8, 4) is 11.5 Å². The van der Waals surface area contributed by atoms with Crippen LogP contribution in [0.5, 0.6) is 11.5 Å². The number of carbonyl (C=O) groups excluding carboxylic acids is 2. The Morgan fingerprint density at radius 2 is 1.05 bits per heavy atom. The number of aliphatic hydroxyl groups is 2. The average molecular weight is 511 g/mol. The van der Waals surface area contributed by atoms with Gasteiger partial charge in [-0.2, -0.15) is 0 Å². The van der Waals surface area contributed by atoms with Crippen LogP contribution in [0.1, 0.15) is 43.0 Å². The van der Waals surface area contributed by atoms with Crippen LogP contribution in [0, 0.1) is 0 Å². The van der Waals surface area contributed by atoms with E-state index in [0.29, 0.717) is 29.9 Å². The van der Waals surface area contributed by atoms with E-state index in [-0.39, 0.29) is 47.0 Å². The van der Waals surface area contributed by atoms with Gasteiger partial charge in [0, 0.05) is 30.2 Å². The lowest BCUT2D eigenvalue weighted by molar-refractivity contribution is 0.0975. The van der Waals surface area contributed by atoms with Crippen molar-refractivity contribution >= 4 is 34.3 Å². The average Bonchev–Trinajstić information content (AvgIpc) is 2.92. The Hall–Kier alpha value is -4.66. The van der Waals surface area contributed by atoms with Crippen LogP contribution < -0.4 is 10.6 Å². The molecular formula is C30H26N2O6. The highest BCUT2D eigenvalue weighted by Gasteiger charge is 2.37. The quantitative estimate of drug-likeness (QED) is 0.169. The largest absolute Gasteiger partial charge is 0.507 e. The van der Waals surface area contributed by atoms with Crippen molar-refractivity contribution in [2.24, 2.45) is 0 Å². The van der Waals surface area contributed by atoms with E-state index in [1.165, 1.54) is 18.2 Å². The van der Waals surface area contributed by atoms with Crippen LogP contribution in [0.2, 0.25) is 0 Å². The van der Waals surface area contributed by atoms with Gasteiger partial charge in [0.25, 0.3) is 0 Å². The van der Waals surface area contributed by atoms with Crippen molar-refractivity contribution in [2.45, 2.75) is 12.8 Å². The molecule has 0 atom stereocenters. The molecule has 4 aromatic rings. The molecule has 0 spiro atoms. The van der Waals surface area contributed by atoms with Gasteiger partial charge in [0.05, 0.1) is 28.1 Å². The molecule has 6 N–H and O–H groups in total. The Kier molecular flexibility index (Phi) is 6.83. The first-order chi connectivity index (χ1) is 18.4. The molecule has 0 aliphatic heterocycles. The second-order valence-electron chi connectivity index (χ2n) is 9.01. The van der Waals surface area contributed by atoms with Gasteiger partial charge in [-0.1, -0.05) is 24.3 Å². The predicted octanol–water partition coefficient (Wildman–Crippen LogP) is 4.43. The number of phenolic OH excluding ortho intramolecular Hbond substituents is 2. The van der Waals surface area contributed by atoms with Crippen LogP contribution in [0.3, 0.4) is 0 Å². The summed E-state index contributed by atoms with van der Waals surface area (Å²) in [5, 5.41) is 45.8. The van der Waals surface area contributed by atoms with Crippen LogP contribution in [0.25, 0.3) is 0 Å². The number of aromatic hydroxyl groups is 2. The number of hydrogen-bond acceptors (Lipinski definition) is 8. The Morgan fingerprint density at radius 1 is 0.553 bits per heavy atom. The van der Waals surface area contributed by atoms with Crippen LogP contribution in [0.4, 0.5) is 22.7 Å². The standard InChI is InChI=1S/C30H26N2O6/c33-15-13-17-1-5-19(6-2-17)31-22-10-9-21-25(28(22)32-20-7-3-18(4-8-20)14-16-34)30(38)27-24(36)12-11-23(35)26(27)29(21)37/h1-12,31-36H,13-16H2. The normalized spacial score (nSPS) is 12.2. The molecule has 1 aliphatic rings. The number of carbonyl (C=O) groups is 2. The third-order valence-electron chi connectivity index (χ3n) is 6.55. The van der Waals surface area contributed by atoms with Crippen molar-refractivity contribution in [3.05, 3.63) is 106 Å². The Labute approximate surface area is 218 Å². The molecular weight excluding hydrogens is 484 g/mol. The molecule has 8 nitrogen and oxygen atoms in total. The summed E-state index contributed by atoms with van der Waals surface area (Å²) in [5.74, 6) is -1.92. The third kappa shape index (κ3) is 4.58. The summed E-state index contributed by atoms with van der Waals surface area (Å²) in [6.45, 7) is 0.0687. The van der Waals surface area contributed by atoms with E-state index in [9.17, 15) is 30.0 Å². The minimum Gasteiger partial charge on any atom is -0.507 e. The van der Waals surface area contributed by atoms with Crippen molar-refractivity contribution < 1.29 is 30.0 Å². The van der Waals surface area contributed by atoms with Gasteiger partial charge in [0.15, 0.2) is 5.78 Å². The molecule has 0 heterocycles. The Morgan fingerprint density at radius 3 is 1.58 bits per heavy atom. The van der Waals surface area contributed by atoms with E-state index in [1.54, 1.807) is 6.07 Å². The Balaban J connectivity index is 1.63. The van der Waals surface area contributed by atoms with Gasteiger partial charge in [-0.05, 0) is 72.5 Å². The molecule has 0 fully saturated rings. The number of aliphatic hydroxyl groups excluding tert-OH is 2. The lowest BCUT2D eigenvalue weighted by Crippen LogP contribution is -2.23. The molecule has 0 amide bonds. The number of ketones is 2. The minimum absolute atomic E-state index is 0.0243. The van der Waals surface area contributed by atoms with Crippen LogP contribution in [-0.2, 0) is 12.8 Å².